The molecule has 0 spiro atoms. The van der Waals surface area contributed by atoms with Gasteiger partial charge in [-0.1, -0.05) is 95.6 Å². The van der Waals surface area contributed by atoms with Gasteiger partial charge in [0.15, 0.2) is 24.5 Å². The van der Waals surface area contributed by atoms with Crippen molar-refractivity contribution in [2.75, 3.05) is 20.3 Å². The number of carbonyl (C=O) groups excluding carboxylic acids is 2. The number of aliphatic hydroxyl groups excluding tert-OH is 7. The SMILES string of the molecule is CN1C(=O)C(C(=O)CCCCCCCCCCC/C=C\CCCCCCCCCCO[C@@H]2O[C@H](C(=O)O)[C@@H](O[C@@H]3O[C@H](CO)[C@H](O)[C@H](O)[C@H]3O)[C@H](O)[C@H]2O)=C(O)[C@H]1CC(=O)O. The first kappa shape index (κ1) is 52.3. The Labute approximate surface area is 358 Å². The highest BCUT2D eigenvalue weighted by Crippen LogP contribution is 2.31. The molecule has 0 saturated carbocycles. The molecule has 0 aliphatic carbocycles. The van der Waals surface area contributed by atoms with E-state index in [4.69, 9.17) is 24.1 Å². The molecule has 1 amide bonds. The number of aliphatic carboxylic acids is 2. The predicted octanol–water partition coefficient (Wildman–Crippen LogP) is 2.77. The molecule has 3 heterocycles. The lowest BCUT2D eigenvalue weighted by Crippen LogP contribution is -2.65. The maximum atomic E-state index is 12.5. The molecule has 0 unspecified atom stereocenters. The zero-order valence-electron chi connectivity index (χ0n) is 35.5. The van der Waals surface area contributed by atoms with Crippen molar-refractivity contribution in [3.63, 3.8) is 0 Å². The van der Waals surface area contributed by atoms with Gasteiger partial charge < -0.3 is 69.8 Å². The first-order valence-electron chi connectivity index (χ1n) is 22.1. The number of carbonyl (C=O) groups is 4. The lowest BCUT2D eigenvalue weighted by molar-refractivity contribution is -0.354. The minimum absolute atomic E-state index is 0.164. The fourth-order valence-corrected chi connectivity index (χ4v) is 7.87. The molecule has 350 valence electrons. The highest BCUT2D eigenvalue weighted by Gasteiger charge is 2.53. The molecule has 0 bridgehead atoms. The molecule has 3 aliphatic heterocycles. The number of carboxylic acid groups (broad SMARTS) is 2. The van der Waals surface area contributed by atoms with Crippen LogP contribution >= 0.6 is 0 Å². The van der Waals surface area contributed by atoms with E-state index in [0.29, 0.717) is 12.8 Å². The molecule has 0 aromatic rings. The van der Waals surface area contributed by atoms with Crippen LogP contribution in [0.25, 0.3) is 0 Å². The van der Waals surface area contributed by atoms with Gasteiger partial charge in [0.1, 0.15) is 60.1 Å². The van der Waals surface area contributed by atoms with Gasteiger partial charge in [0.2, 0.25) is 0 Å². The van der Waals surface area contributed by atoms with Crippen molar-refractivity contribution in [3.8, 4) is 0 Å². The van der Waals surface area contributed by atoms with Crippen molar-refractivity contribution >= 4 is 23.6 Å². The molecule has 18 nitrogen and oxygen atoms in total. The van der Waals surface area contributed by atoms with Crippen LogP contribution in [0.3, 0.4) is 0 Å². The standard InChI is InChI=1S/C43H71NO17/c1-44-27(25-30(47)48)32(49)31(40(44)55)28(46)23-21-19-17-15-13-11-9-7-5-3-2-4-6-8-10-12-14-16-18-20-22-24-58-42-37(54)35(52)38(39(61-42)41(56)57)60-43-36(53)34(51)33(50)29(26-45)59-43/h2,4,27,29,33-39,42-43,45,49-54H,3,5-26H2,1H3,(H,47,48)(H,56,57)/b4-2-/t27-,29-,33+,34+,35-,36-,37-,38+,39+,42-,43+/m1/s1. The number of ketones is 1. The van der Waals surface area contributed by atoms with Gasteiger partial charge in [-0.15, -0.1) is 0 Å². The van der Waals surface area contributed by atoms with Crippen molar-refractivity contribution in [1.29, 1.82) is 0 Å². The average Bonchev–Trinajstić information content (AvgIpc) is 3.43. The van der Waals surface area contributed by atoms with Gasteiger partial charge in [-0.25, -0.2) is 4.79 Å². The normalized spacial score (nSPS) is 29.5. The van der Waals surface area contributed by atoms with Crippen molar-refractivity contribution in [3.05, 3.63) is 23.5 Å². The number of ether oxygens (including phenoxy) is 4. The number of aliphatic hydroxyl groups is 7. The van der Waals surface area contributed by atoms with Gasteiger partial charge in [-0.2, -0.15) is 0 Å². The Morgan fingerprint density at radius 3 is 1.70 bits per heavy atom. The molecule has 3 rings (SSSR count). The van der Waals surface area contributed by atoms with Crippen molar-refractivity contribution in [2.24, 2.45) is 0 Å². The second kappa shape index (κ2) is 27.9. The summed E-state index contributed by atoms with van der Waals surface area (Å²) in [6.45, 7) is -0.571. The lowest BCUT2D eigenvalue weighted by atomic mass is 9.97. The molecule has 9 N–H and O–H groups in total. The Morgan fingerprint density at radius 2 is 1.18 bits per heavy atom. The Morgan fingerprint density at radius 1 is 0.672 bits per heavy atom. The summed E-state index contributed by atoms with van der Waals surface area (Å²) in [5, 5.41) is 89.9. The van der Waals surface area contributed by atoms with Crippen molar-refractivity contribution in [2.45, 2.75) is 202 Å². The molecular weight excluding hydrogens is 802 g/mol. The molecule has 3 aliphatic rings. The molecule has 18 heteroatoms. The Bertz CT molecular complexity index is 1410. The van der Waals surface area contributed by atoms with Gasteiger partial charge in [0.25, 0.3) is 5.91 Å². The molecule has 11 atom stereocenters. The first-order valence-corrected chi connectivity index (χ1v) is 22.1. The van der Waals surface area contributed by atoms with Crippen LogP contribution in [0.4, 0.5) is 0 Å². The van der Waals surface area contributed by atoms with E-state index in [1.807, 2.05) is 0 Å². The predicted molar refractivity (Wildman–Crippen MR) is 218 cm³/mol. The molecule has 0 aromatic heterocycles. The van der Waals surface area contributed by atoms with E-state index in [1.165, 1.54) is 39.2 Å². The summed E-state index contributed by atoms with van der Waals surface area (Å²) in [7, 11) is 1.39. The maximum Gasteiger partial charge on any atom is 0.335 e. The Kier molecular flexibility index (Phi) is 23.9. The smallest absolute Gasteiger partial charge is 0.335 e. The number of Topliss-reactive ketones (excluding diaryl/α,β-unsaturated/α-hetero) is 1. The third-order valence-electron chi connectivity index (χ3n) is 11.6. The number of amides is 1. The highest BCUT2D eigenvalue weighted by atomic mass is 16.7. The number of nitrogens with zero attached hydrogens (tertiary/aromatic N) is 1. The number of unbranched alkanes of at least 4 members (excludes halogenated alkanes) is 17. The molecule has 0 aromatic carbocycles. The van der Waals surface area contributed by atoms with Gasteiger partial charge in [0.05, 0.1) is 13.0 Å². The molecular formula is C43H71NO17. The third kappa shape index (κ3) is 16.6. The minimum Gasteiger partial charge on any atom is -0.509 e. The van der Waals surface area contributed by atoms with Gasteiger partial charge in [-0.05, 0) is 38.5 Å². The van der Waals surface area contributed by atoms with Gasteiger partial charge in [-0.3, -0.25) is 14.4 Å². The zero-order chi connectivity index (χ0) is 44.9. The fourth-order valence-electron chi connectivity index (χ4n) is 7.87. The fraction of sp³-hybridized carbons (Fsp3) is 0.814. The summed E-state index contributed by atoms with van der Waals surface area (Å²) in [5.74, 6) is -4.14. The maximum absolute atomic E-state index is 12.5. The Hall–Kier alpha value is -3.04. The topological polar surface area (TPSA) is 291 Å². The second-order valence-corrected chi connectivity index (χ2v) is 16.4. The van der Waals surface area contributed by atoms with Crippen LogP contribution in [0.15, 0.2) is 23.5 Å². The Balaban J connectivity index is 1.11. The van der Waals surface area contributed by atoms with E-state index >= 15 is 0 Å². The summed E-state index contributed by atoms with van der Waals surface area (Å²) in [4.78, 5) is 48.9. The number of allylic oxidation sites excluding steroid dienone is 2. The number of hydrogen-bond acceptors (Lipinski definition) is 15. The second-order valence-electron chi connectivity index (χ2n) is 16.4. The molecule has 2 saturated heterocycles. The largest absolute Gasteiger partial charge is 0.509 e. The first-order chi connectivity index (χ1) is 29.2. The summed E-state index contributed by atoms with van der Waals surface area (Å²) in [5.41, 5.74) is -0.263. The summed E-state index contributed by atoms with van der Waals surface area (Å²) >= 11 is 0. The molecule has 61 heavy (non-hydrogen) atoms. The average molecular weight is 874 g/mol. The van der Waals surface area contributed by atoms with Gasteiger partial charge in [0, 0.05) is 20.1 Å². The number of rotatable bonds is 31. The quantitative estimate of drug-likeness (QED) is 0.0275. The van der Waals surface area contributed by atoms with Crippen LogP contribution < -0.4 is 0 Å². The van der Waals surface area contributed by atoms with Crippen LogP contribution in [-0.4, -0.2) is 162 Å². The van der Waals surface area contributed by atoms with Crippen LogP contribution in [0.2, 0.25) is 0 Å². The molecule has 0 radical (unpaired) electrons. The van der Waals surface area contributed by atoms with E-state index in [0.717, 1.165) is 81.9 Å². The number of hydrogen-bond donors (Lipinski definition) is 9. The van der Waals surface area contributed by atoms with E-state index in [9.17, 15) is 60.0 Å². The number of carboxylic acids is 2. The summed E-state index contributed by atoms with van der Waals surface area (Å²) in [6, 6.07) is -0.986. The van der Waals surface area contributed by atoms with Crippen LogP contribution in [-0.2, 0) is 38.1 Å². The van der Waals surface area contributed by atoms with E-state index in [-0.39, 0.29) is 18.6 Å². The molecule has 2 fully saturated rings. The van der Waals surface area contributed by atoms with Crippen LogP contribution in [0.1, 0.15) is 135 Å². The zero-order valence-corrected chi connectivity index (χ0v) is 35.5. The minimum atomic E-state index is -1.84. The van der Waals surface area contributed by atoms with Crippen molar-refractivity contribution < 1.29 is 84.1 Å². The highest BCUT2D eigenvalue weighted by molar-refractivity contribution is 6.21. The number of likely N-dealkylation sites (N-methyl/N-ethyl adjacent to an activating group) is 1. The van der Waals surface area contributed by atoms with Crippen molar-refractivity contribution in [1.82, 2.24) is 4.90 Å². The lowest BCUT2D eigenvalue weighted by Gasteiger charge is -2.45. The van der Waals surface area contributed by atoms with Gasteiger partial charge >= 0.3 is 11.9 Å². The van der Waals surface area contributed by atoms with E-state index in [2.05, 4.69) is 12.2 Å². The van der Waals surface area contributed by atoms with Crippen LogP contribution in [0.5, 0.6) is 0 Å². The summed E-state index contributed by atoms with van der Waals surface area (Å²) in [6.07, 6.45) is 7.25. The monoisotopic (exact) mass is 873 g/mol. The van der Waals surface area contributed by atoms with E-state index in [1.54, 1.807) is 0 Å². The summed E-state index contributed by atoms with van der Waals surface area (Å²) < 4.78 is 21.7. The van der Waals surface area contributed by atoms with Crippen LogP contribution in [0, 0.1) is 0 Å². The van der Waals surface area contributed by atoms with E-state index < -0.39 is 110 Å². The third-order valence-corrected chi connectivity index (χ3v) is 11.6.